The number of carbonyl (C=O) groups is 2. The molecular formula is C27H19F2NO2. The molecule has 0 fully saturated rings. The van der Waals surface area contributed by atoms with Crippen molar-refractivity contribution in [3.05, 3.63) is 125 Å². The Bertz CT molecular complexity index is 1160. The Labute approximate surface area is 184 Å². The molecule has 0 saturated carbocycles. The predicted molar refractivity (Wildman–Crippen MR) is 121 cm³/mol. The van der Waals surface area contributed by atoms with Gasteiger partial charge < -0.3 is 5.32 Å². The number of Topliss-reactive ketones (excluding diaryl/α,β-unsaturated/α-hetero) is 1. The van der Waals surface area contributed by atoms with Crippen LogP contribution in [0.2, 0.25) is 0 Å². The summed E-state index contributed by atoms with van der Waals surface area (Å²) in [6.07, 6.45) is 0.113. The summed E-state index contributed by atoms with van der Waals surface area (Å²) in [4.78, 5) is 24.6. The number of amides is 1. The highest BCUT2D eigenvalue weighted by Gasteiger charge is 2.12. The van der Waals surface area contributed by atoms with Crippen LogP contribution in [-0.2, 0) is 6.42 Å². The summed E-state index contributed by atoms with van der Waals surface area (Å²) in [6, 6.07) is 26.4. The van der Waals surface area contributed by atoms with Crippen LogP contribution in [-0.4, -0.2) is 11.7 Å². The van der Waals surface area contributed by atoms with Crippen molar-refractivity contribution in [2.45, 2.75) is 6.42 Å². The number of hydrogen-bond donors (Lipinski definition) is 1. The van der Waals surface area contributed by atoms with E-state index in [0.717, 1.165) is 16.7 Å². The first-order valence-corrected chi connectivity index (χ1v) is 10.0. The van der Waals surface area contributed by atoms with E-state index < -0.39 is 17.5 Å². The van der Waals surface area contributed by atoms with Crippen molar-refractivity contribution >= 4 is 17.4 Å². The number of halogens is 2. The number of hydrogen-bond acceptors (Lipinski definition) is 2. The summed E-state index contributed by atoms with van der Waals surface area (Å²) in [6.45, 7) is 0. The van der Waals surface area contributed by atoms with Crippen LogP contribution >= 0.6 is 0 Å². The second-order valence-electron chi connectivity index (χ2n) is 7.29. The fraction of sp³-hybridized carbons (Fsp3) is 0.0370. The maximum absolute atomic E-state index is 13.8. The van der Waals surface area contributed by atoms with Crippen molar-refractivity contribution in [3.63, 3.8) is 0 Å². The molecular weight excluding hydrogens is 408 g/mol. The quantitative estimate of drug-likeness (QED) is 0.367. The predicted octanol–water partition coefficient (Wildman–Crippen LogP) is 6.31. The Kier molecular flexibility index (Phi) is 6.17. The van der Waals surface area contributed by atoms with Crippen LogP contribution in [0.5, 0.6) is 0 Å². The van der Waals surface area contributed by atoms with Gasteiger partial charge in [0.05, 0.1) is 11.1 Å². The van der Waals surface area contributed by atoms with Gasteiger partial charge in [-0.15, -0.1) is 0 Å². The molecule has 1 amide bonds. The summed E-state index contributed by atoms with van der Waals surface area (Å²) in [5.41, 5.74) is 3.26. The Morgan fingerprint density at radius 1 is 0.625 bits per heavy atom. The average molecular weight is 427 g/mol. The molecule has 0 heterocycles. The zero-order valence-electron chi connectivity index (χ0n) is 17.0. The Morgan fingerprint density at radius 2 is 1.12 bits per heavy atom. The van der Waals surface area contributed by atoms with Crippen LogP contribution < -0.4 is 5.32 Å². The van der Waals surface area contributed by atoms with Gasteiger partial charge in [0.2, 0.25) is 0 Å². The highest BCUT2D eigenvalue weighted by molar-refractivity contribution is 6.04. The van der Waals surface area contributed by atoms with Gasteiger partial charge in [-0.1, -0.05) is 60.7 Å². The monoisotopic (exact) mass is 427 g/mol. The molecule has 0 aliphatic heterocycles. The molecule has 0 unspecified atom stereocenters. The molecule has 0 aliphatic carbocycles. The van der Waals surface area contributed by atoms with Gasteiger partial charge in [-0.05, 0) is 53.1 Å². The van der Waals surface area contributed by atoms with E-state index in [9.17, 15) is 18.4 Å². The maximum atomic E-state index is 13.8. The lowest BCUT2D eigenvalue weighted by Gasteiger charge is -2.08. The van der Waals surface area contributed by atoms with Crippen LogP contribution in [0.1, 0.15) is 26.3 Å². The third-order valence-corrected chi connectivity index (χ3v) is 5.09. The first-order valence-electron chi connectivity index (χ1n) is 10.0. The Hall–Kier alpha value is -4.12. The lowest BCUT2D eigenvalue weighted by molar-refractivity contribution is 0.0987. The van der Waals surface area contributed by atoms with E-state index in [1.165, 1.54) is 30.3 Å². The van der Waals surface area contributed by atoms with E-state index in [4.69, 9.17) is 0 Å². The molecule has 5 heteroatoms. The molecule has 1 N–H and O–H groups in total. The largest absolute Gasteiger partial charge is 0.322 e. The first kappa shape index (κ1) is 21.1. The standard InChI is InChI=1S/C27H19F2NO2/c28-24-7-3-1-5-22(24)26(31)17-18-9-11-19(12-10-18)20-13-15-21(16-14-20)30-27(32)23-6-2-4-8-25(23)29/h1-16H,17H2,(H,30,32). The molecule has 4 aromatic carbocycles. The van der Waals surface area contributed by atoms with E-state index in [-0.39, 0.29) is 23.3 Å². The molecule has 0 spiro atoms. The number of anilines is 1. The first-order chi connectivity index (χ1) is 15.5. The lowest BCUT2D eigenvalue weighted by Crippen LogP contribution is -2.13. The van der Waals surface area contributed by atoms with Crippen molar-refractivity contribution in [1.29, 1.82) is 0 Å². The van der Waals surface area contributed by atoms with Crippen LogP contribution in [0.25, 0.3) is 11.1 Å². The zero-order chi connectivity index (χ0) is 22.5. The molecule has 4 rings (SSSR count). The fourth-order valence-electron chi connectivity index (χ4n) is 3.37. The normalized spacial score (nSPS) is 10.6. The highest BCUT2D eigenvalue weighted by Crippen LogP contribution is 2.23. The van der Waals surface area contributed by atoms with Gasteiger partial charge in [0.15, 0.2) is 5.78 Å². The van der Waals surface area contributed by atoms with Gasteiger partial charge in [0, 0.05) is 12.1 Å². The topological polar surface area (TPSA) is 46.2 Å². The summed E-state index contributed by atoms with van der Waals surface area (Å²) < 4.78 is 27.5. The highest BCUT2D eigenvalue weighted by atomic mass is 19.1. The second kappa shape index (κ2) is 9.35. The van der Waals surface area contributed by atoms with Crippen LogP contribution in [0.4, 0.5) is 14.5 Å². The summed E-state index contributed by atoms with van der Waals surface area (Å²) >= 11 is 0. The van der Waals surface area contributed by atoms with E-state index in [2.05, 4.69) is 5.32 Å². The summed E-state index contributed by atoms with van der Waals surface area (Å²) in [5, 5.41) is 2.68. The summed E-state index contributed by atoms with van der Waals surface area (Å²) in [5.74, 6) is -1.88. The van der Waals surface area contributed by atoms with Crippen molar-refractivity contribution in [3.8, 4) is 11.1 Å². The van der Waals surface area contributed by atoms with Gasteiger partial charge in [0.1, 0.15) is 11.6 Å². The molecule has 0 radical (unpaired) electrons. The molecule has 0 atom stereocenters. The van der Waals surface area contributed by atoms with Gasteiger partial charge in [0.25, 0.3) is 5.91 Å². The third-order valence-electron chi connectivity index (χ3n) is 5.09. The molecule has 0 saturated heterocycles. The van der Waals surface area contributed by atoms with Crippen molar-refractivity contribution in [1.82, 2.24) is 0 Å². The van der Waals surface area contributed by atoms with Crippen LogP contribution in [0.15, 0.2) is 97.1 Å². The van der Waals surface area contributed by atoms with E-state index >= 15 is 0 Å². The number of benzene rings is 4. The fourth-order valence-corrected chi connectivity index (χ4v) is 3.37. The van der Waals surface area contributed by atoms with E-state index in [1.807, 2.05) is 36.4 Å². The summed E-state index contributed by atoms with van der Waals surface area (Å²) in [7, 11) is 0. The van der Waals surface area contributed by atoms with Crippen molar-refractivity contribution < 1.29 is 18.4 Å². The lowest BCUT2D eigenvalue weighted by atomic mass is 9.99. The Morgan fingerprint density at radius 3 is 1.69 bits per heavy atom. The molecule has 0 aromatic heterocycles. The molecule has 0 aliphatic rings. The second-order valence-corrected chi connectivity index (χ2v) is 7.29. The minimum atomic E-state index is -0.574. The smallest absolute Gasteiger partial charge is 0.258 e. The van der Waals surface area contributed by atoms with Crippen LogP contribution in [0, 0.1) is 11.6 Å². The molecule has 0 bridgehead atoms. The molecule has 4 aromatic rings. The van der Waals surface area contributed by atoms with E-state index in [0.29, 0.717) is 5.69 Å². The minimum absolute atomic E-state index is 0.0166. The van der Waals surface area contributed by atoms with Gasteiger partial charge >= 0.3 is 0 Å². The van der Waals surface area contributed by atoms with Gasteiger partial charge in [-0.25, -0.2) is 8.78 Å². The van der Waals surface area contributed by atoms with Gasteiger partial charge in [-0.2, -0.15) is 0 Å². The van der Waals surface area contributed by atoms with Crippen LogP contribution in [0.3, 0.4) is 0 Å². The molecule has 32 heavy (non-hydrogen) atoms. The number of ketones is 1. The minimum Gasteiger partial charge on any atom is -0.322 e. The zero-order valence-corrected chi connectivity index (χ0v) is 17.0. The number of carbonyl (C=O) groups excluding carboxylic acids is 2. The average Bonchev–Trinajstić information content (AvgIpc) is 2.80. The molecule has 158 valence electrons. The van der Waals surface area contributed by atoms with Crippen molar-refractivity contribution in [2.24, 2.45) is 0 Å². The van der Waals surface area contributed by atoms with E-state index in [1.54, 1.807) is 30.3 Å². The molecule has 3 nitrogen and oxygen atoms in total. The SMILES string of the molecule is O=C(Cc1ccc(-c2ccc(NC(=O)c3ccccc3F)cc2)cc1)c1ccccc1F. The maximum Gasteiger partial charge on any atom is 0.258 e. The van der Waals surface area contributed by atoms with Crippen molar-refractivity contribution in [2.75, 3.05) is 5.32 Å². The number of rotatable bonds is 6. The third kappa shape index (κ3) is 4.78. The number of nitrogens with one attached hydrogen (secondary N) is 1. The van der Waals surface area contributed by atoms with Gasteiger partial charge in [-0.3, -0.25) is 9.59 Å². The Balaban J connectivity index is 1.42.